The van der Waals surface area contributed by atoms with Gasteiger partial charge in [-0.1, -0.05) is 31.9 Å². The zero-order chi connectivity index (χ0) is 14.5. The Kier molecular flexibility index (Phi) is 6.24. The molecule has 0 amide bonds. The number of imidazole rings is 1. The van der Waals surface area contributed by atoms with Crippen LogP contribution in [0.3, 0.4) is 0 Å². The molecule has 21 heavy (non-hydrogen) atoms. The number of H-pyrrole nitrogens is 1. The van der Waals surface area contributed by atoms with Crippen molar-refractivity contribution in [1.82, 2.24) is 9.97 Å². The van der Waals surface area contributed by atoms with Crippen molar-refractivity contribution in [2.75, 3.05) is 0 Å². The molecular weight excluding hydrogens is 292 g/mol. The monoisotopic (exact) mass is 310 g/mol. The summed E-state index contributed by atoms with van der Waals surface area (Å²) < 4.78 is 0. The van der Waals surface area contributed by atoms with Crippen LogP contribution >= 0.6 is 12.4 Å². The first kappa shape index (κ1) is 17.0. The van der Waals surface area contributed by atoms with Crippen LogP contribution in [0.25, 0.3) is 0 Å². The van der Waals surface area contributed by atoms with Gasteiger partial charge in [0.2, 0.25) is 0 Å². The Morgan fingerprint density at radius 1 is 1.43 bits per heavy atom. The number of carboxylic acids is 1. The number of aromatic nitrogens is 2. The van der Waals surface area contributed by atoms with Gasteiger partial charge in [-0.3, -0.25) is 0 Å². The van der Waals surface area contributed by atoms with E-state index in [0.29, 0.717) is 5.56 Å². The molecule has 0 saturated heterocycles. The Morgan fingerprint density at radius 2 is 2.19 bits per heavy atom. The molecule has 0 saturated carbocycles. The zero-order valence-electron chi connectivity index (χ0n) is 11.7. The summed E-state index contributed by atoms with van der Waals surface area (Å²) in [6.07, 6.45) is 6.15. The van der Waals surface area contributed by atoms with Crippen LogP contribution in [-0.4, -0.2) is 26.2 Å². The van der Waals surface area contributed by atoms with Crippen molar-refractivity contribution in [3.63, 3.8) is 0 Å². The van der Waals surface area contributed by atoms with E-state index in [-0.39, 0.29) is 29.6 Å². The lowest BCUT2D eigenvalue weighted by molar-refractivity contribution is 0.0693. The first-order valence-corrected chi connectivity index (χ1v) is 6.68. The molecule has 0 radical (unpaired) electrons. The predicted molar refractivity (Wildman–Crippen MR) is 82.3 cm³/mol. The number of benzene rings is 1. The second kappa shape index (κ2) is 7.69. The molecule has 0 bridgehead atoms. The molecule has 2 rings (SSSR count). The summed E-state index contributed by atoms with van der Waals surface area (Å²) in [6.45, 7) is 2.09. The number of nitrogens with one attached hydrogen (secondary N) is 1. The van der Waals surface area contributed by atoms with Gasteiger partial charge >= 0.3 is 5.97 Å². The second-order valence-corrected chi connectivity index (χ2v) is 4.75. The van der Waals surface area contributed by atoms with Gasteiger partial charge in [-0.15, -0.1) is 12.4 Å². The first-order chi connectivity index (χ1) is 9.65. The van der Waals surface area contributed by atoms with E-state index in [0.717, 1.165) is 25.0 Å². The Balaban J connectivity index is 0.00000220. The smallest absolute Gasteiger partial charge is 0.339 e. The summed E-state index contributed by atoms with van der Waals surface area (Å²) in [5, 5.41) is 19.3. The molecule has 0 aliphatic carbocycles. The number of aromatic amines is 1. The third kappa shape index (κ3) is 3.76. The zero-order valence-corrected chi connectivity index (χ0v) is 12.6. The maximum Gasteiger partial charge on any atom is 0.339 e. The van der Waals surface area contributed by atoms with E-state index >= 15 is 0 Å². The third-order valence-electron chi connectivity index (χ3n) is 3.41. The van der Waals surface area contributed by atoms with Gasteiger partial charge in [-0.05, 0) is 12.5 Å². The molecule has 2 aromatic rings. The van der Waals surface area contributed by atoms with Crippen molar-refractivity contribution < 1.29 is 15.0 Å². The van der Waals surface area contributed by atoms with E-state index in [4.69, 9.17) is 5.11 Å². The largest absolute Gasteiger partial charge is 0.507 e. The lowest BCUT2D eigenvalue weighted by Gasteiger charge is -2.17. The van der Waals surface area contributed by atoms with Crippen LogP contribution in [0, 0.1) is 0 Å². The molecule has 5 nitrogen and oxygen atoms in total. The summed E-state index contributed by atoms with van der Waals surface area (Å²) in [7, 11) is 0. The molecule has 0 spiro atoms. The molecule has 6 heteroatoms. The van der Waals surface area contributed by atoms with E-state index < -0.39 is 5.97 Å². The normalized spacial score (nSPS) is 11.7. The van der Waals surface area contributed by atoms with Gasteiger partial charge in [0.1, 0.15) is 11.3 Å². The van der Waals surface area contributed by atoms with Gasteiger partial charge < -0.3 is 15.2 Å². The quantitative estimate of drug-likeness (QED) is 0.761. The number of nitrogens with zero attached hydrogens (tertiary/aromatic N) is 1. The van der Waals surface area contributed by atoms with Crippen LogP contribution in [0.4, 0.5) is 0 Å². The predicted octanol–water partition coefficient (Wildman–Crippen LogP) is 3.56. The van der Waals surface area contributed by atoms with Crippen molar-refractivity contribution in [2.45, 2.75) is 32.1 Å². The van der Waals surface area contributed by atoms with E-state index in [1.54, 1.807) is 24.7 Å². The molecule has 1 atom stereocenters. The Morgan fingerprint density at radius 3 is 2.76 bits per heavy atom. The standard InChI is InChI=1S/C15H18N2O3.ClH/c1-2-3-5-10(13-8-16-9-17-13)11-6-4-7-12(14(11)18)15(19)20;/h4,6-10,18H,2-3,5H2,1H3,(H,16,17)(H,19,20);1H. The number of para-hydroxylation sites is 1. The maximum atomic E-state index is 11.1. The molecule has 0 aliphatic heterocycles. The molecule has 1 unspecified atom stereocenters. The number of aromatic hydroxyl groups is 1. The lowest BCUT2D eigenvalue weighted by atomic mass is 9.89. The minimum Gasteiger partial charge on any atom is -0.507 e. The second-order valence-electron chi connectivity index (χ2n) is 4.75. The fraction of sp³-hybridized carbons (Fsp3) is 0.333. The summed E-state index contributed by atoms with van der Waals surface area (Å²) in [6, 6.07) is 4.84. The fourth-order valence-corrected chi connectivity index (χ4v) is 2.36. The van der Waals surface area contributed by atoms with Gasteiger partial charge in [0, 0.05) is 23.4 Å². The van der Waals surface area contributed by atoms with E-state index in [9.17, 15) is 9.90 Å². The lowest BCUT2D eigenvalue weighted by Crippen LogP contribution is -2.05. The van der Waals surface area contributed by atoms with Gasteiger partial charge in [0.05, 0.1) is 6.33 Å². The highest BCUT2D eigenvalue weighted by molar-refractivity contribution is 5.91. The van der Waals surface area contributed by atoms with Crippen molar-refractivity contribution >= 4 is 18.4 Å². The Hall–Kier alpha value is -2.01. The number of aromatic carboxylic acids is 1. The van der Waals surface area contributed by atoms with E-state index in [1.807, 2.05) is 0 Å². The summed E-state index contributed by atoms with van der Waals surface area (Å²) in [4.78, 5) is 18.2. The van der Waals surface area contributed by atoms with E-state index in [2.05, 4.69) is 16.9 Å². The van der Waals surface area contributed by atoms with Crippen molar-refractivity contribution in [3.05, 3.63) is 47.5 Å². The number of unbranched alkanes of at least 4 members (excludes halogenated alkanes) is 1. The number of phenols is 1. The van der Waals surface area contributed by atoms with Crippen LogP contribution in [-0.2, 0) is 0 Å². The summed E-state index contributed by atoms with van der Waals surface area (Å²) >= 11 is 0. The molecule has 1 aromatic heterocycles. The van der Waals surface area contributed by atoms with Gasteiger partial charge in [-0.2, -0.15) is 0 Å². The SMILES string of the molecule is CCCCC(c1cnc[nH]1)c1cccc(C(=O)O)c1O.Cl. The van der Waals surface area contributed by atoms with Gasteiger partial charge in [0.15, 0.2) is 0 Å². The summed E-state index contributed by atoms with van der Waals surface area (Å²) in [5.41, 5.74) is 1.45. The molecule has 3 N–H and O–H groups in total. The van der Waals surface area contributed by atoms with Crippen molar-refractivity contribution in [1.29, 1.82) is 0 Å². The van der Waals surface area contributed by atoms with Crippen molar-refractivity contribution in [3.8, 4) is 5.75 Å². The Bertz CT molecular complexity index is 585. The number of halogens is 1. The molecule has 114 valence electrons. The van der Waals surface area contributed by atoms with Crippen LogP contribution in [0.2, 0.25) is 0 Å². The highest BCUT2D eigenvalue weighted by Gasteiger charge is 2.22. The molecular formula is C15H19ClN2O3. The van der Waals surface area contributed by atoms with Gasteiger partial charge in [0.25, 0.3) is 0 Å². The minimum absolute atomic E-state index is 0. The highest BCUT2D eigenvalue weighted by atomic mass is 35.5. The Labute approximate surface area is 129 Å². The van der Waals surface area contributed by atoms with Crippen molar-refractivity contribution in [2.24, 2.45) is 0 Å². The number of carbonyl (C=O) groups is 1. The molecule has 1 heterocycles. The number of hydrogen-bond donors (Lipinski definition) is 3. The van der Waals surface area contributed by atoms with Crippen LogP contribution < -0.4 is 0 Å². The number of rotatable bonds is 6. The average Bonchev–Trinajstić information content (AvgIpc) is 2.94. The fourth-order valence-electron chi connectivity index (χ4n) is 2.36. The number of carboxylic acid groups (broad SMARTS) is 1. The topological polar surface area (TPSA) is 86.2 Å². The third-order valence-corrected chi connectivity index (χ3v) is 3.41. The highest BCUT2D eigenvalue weighted by Crippen LogP contribution is 2.35. The first-order valence-electron chi connectivity index (χ1n) is 6.68. The molecule has 1 aromatic carbocycles. The average molecular weight is 311 g/mol. The van der Waals surface area contributed by atoms with Crippen LogP contribution in [0.5, 0.6) is 5.75 Å². The van der Waals surface area contributed by atoms with E-state index in [1.165, 1.54) is 6.07 Å². The molecule has 0 aliphatic rings. The van der Waals surface area contributed by atoms with Crippen LogP contribution in [0.15, 0.2) is 30.7 Å². The van der Waals surface area contributed by atoms with Gasteiger partial charge in [-0.25, -0.2) is 9.78 Å². The maximum absolute atomic E-state index is 11.1. The summed E-state index contributed by atoms with van der Waals surface area (Å²) in [5.74, 6) is -1.35. The van der Waals surface area contributed by atoms with Crippen LogP contribution in [0.1, 0.15) is 53.7 Å². The molecule has 0 fully saturated rings. The number of hydrogen-bond acceptors (Lipinski definition) is 3. The minimum atomic E-state index is -1.12.